The monoisotopic (exact) mass is 223 g/mol. The third-order valence-electron chi connectivity index (χ3n) is 2.54. The van der Waals surface area contributed by atoms with Crippen LogP contribution >= 0.6 is 0 Å². The van der Waals surface area contributed by atoms with Crippen molar-refractivity contribution in [2.24, 2.45) is 0 Å². The highest BCUT2D eigenvalue weighted by Gasteiger charge is 2.19. The van der Waals surface area contributed by atoms with Crippen LogP contribution in [0.3, 0.4) is 0 Å². The maximum Gasteiger partial charge on any atom is 0.169 e. The summed E-state index contributed by atoms with van der Waals surface area (Å²) in [4.78, 5) is 2.17. The van der Waals surface area contributed by atoms with Crippen molar-refractivity contribution in [1.82, 2.24) is 4.90 Å². The predicted octanol–water partition coefficient (Wildman–Crippen LogP) is 1.33. The van der Waals surface area contributed by atoms with Crippen LogP contribution in [0.1, 0.15) is 0 Å². The van der Waals surface area contributed by atoms with Crippen molar-refractivity contribution in [2.45, 2.75) is 6.29 Å². The van der Waals surface area contributed by atoms with Crippen molar-refractivity contribution < 1.29 is 14.2 Å². The Morgan fingerprint density at radius 2 is 2.19 bits per heavy atom. The van der Waals surface area contributed by atoms with Gasteiger partial charge in [-0.2, -0.15) is 0 Å². The van der Waals surface area contributed by atoms with Crippen LogP contribution in [-0.4, -0.2) is 44.7 Å². The molecule has 1 fully saturated rings. The lowest BCUT2D eigenvalue weighted by molar-refractivity contribution is -0.171. The van der Waals surface area contributed by atoms with Gasteiger partial charge in [0.1, 0.15) is 12.5 Å². The van der Waals surface area contributed by atoms with E-state index in [2.05, 4.69) is 4.90 Å². The largest absolute Gasteiger partial charge is 0.478 e. The van der Waals surface area contributed by atoms with Crippen molar-refractivity contribution >= 4 is 0 Å². The standard InChI is InChI=1S/C12H17NO3/c1-14-12-9-13(7-8-15-12)10-16-11-5-3-2-4-6-11/h2-6,12H,7-10H2,1H3. The second kappa shape index (κ2) is 5.84. The number of hydrogen-bond acceptors (Lipinski definition) is 4. The molecule has 1 heterocycles. The van der Waals surface area contributed by atoms with E-state index in [0.717, 1.165) is 18.8 Å². The average Bonchev–Trinajstić information content (AvgIpc) is 2.38. The first-order valence-corrected chi connectivity index (χ1v) is 5.43. The van der Waals surface area contributed by atoms with Crippen LogP contribution in [0, 0.1) is 0 Å². The van der Waals surface area contributed by atoms with Crippen LogP contribution in [0.15, 0.2) is 30.3 Å². The van der Waals surface area contributed by atoms with Gasteiger partial charge in [-0.05, 0) is 12.1 Å². The molecule has 0 amide bonds. The lowest BCUT2D eigenvalue weighted by atomic mass is 10.3. The van der Waals surface area contributed by atoms with E-state index in [9.17, 15) is 0 Å². The van der Waals surface area contributed by atoms with Crippen LogP contribution in [0.25, 0.3) is 0 Å². The van der Waals surface area contributed by atoms with Crippen LogP contribution in [0.2, 0.25) is 0 Å². The van der Waals surface area contributed by atoms with Gasteiger partial charge >= 0.3 is 0 Å². The number of morpholine rings is 1. The van der Waals surface area contributed by atoms with Crippen molar-refractivity contribution in [3.05, 3.63) is 30.3 Å². The Morgan fingerprint density at radius 3 is 2.94 bits per heavy atom. The molecule has 4 heteroatoms. The van der Waals surface area contributed by atoms with Gasteiger partial charge < -0.3 is 14.2 Å². The quantitative estimate of drug-likeness (QED) is 0.770. The number of para-hydroxylation sites is 1. The molecule has 0 aromatic heterocycles. The van der Waals surface area contributed by atoms with E-state index in [1.54, 1.807) is 7.11 Å². The van der Waals surface area contributed by atoms with Crippen molar-refractivity contribution in [1.29, 1.82) is 0 Å². The number of rotatable bonds is 4. The molecule has 0 bridgehead atoms. The molecular formula is C12H17NO3. The van der Waals surface area contributed by atoms with E-state index in [1.165, 1.54) is 0 Å². The molecular weight excluding hydrogens is 206 g/mol. The minimum absolute atomic E-state index is 0.131. The summed E-state index contributed by atoms with van der Waals surface area (Å²) in [7, 11) is 1.66. The molecule has 88 valence electrons. The first kappa shape index (κ1) is 11.4. The van der Waals surface area contributed by atoms with Crippen LogP contribution < -0.4 is 4.74 Å². The van der Waals surface area contributed by atoms with E-state index in [0.29, 0.717) is 13.3 Å². The zero-order valence-electron chi connectivity index (χ0n) is 9.46. The summed E-state index contributed by atoms with van der Waals surface area (Å²) in [5.41, 5.74) is 0. The highest BCUT2D eigenvalue weighted by molar-refractivity contribution is 5.20. The molecule has 0 N–H and O–H groups in total. The van der Waals surface area contributed by atoms with Gasteiger partial charge in [-0.1, -0.05) is 18.2 Å². The number of hydrogen-bond donors (Lipinski definition) is 0. The summed E-state index contributed by atoms with van der Waals surface area (Å²) < 4.78 is 16.2. The van der Waals surface area contributed by atoms with Crippen LogP contribution in [0.4, 0.5) is 0 Å². The van der Waals surface area contributed by atoms with Crippen molar-refractivity contribution in [3.8, 4) is 5.75 Å². The fourth-order valence-corrected chi connectivity index (χ4v) is 1.61. The minimum atomic E-state index is -0.131. The molecule has 0 radical (unpaired) electrons. The first-order valence-electron chi connectivity index (χ1n) is 5.43. The maximum atomic E-state index is 5.65. The smallest absolute Gasteiger partial charge is 0.169 e. The molecule has 16 heavy (non-hydrogen) atoms. The molecule has 1 aromatic rings. The fourth-order valence-electron chi connectivity index (χ4n) is 1.61. The Hall–Kier alpha value is -1.10. The number of benzene rings is 1. The minimum Gasteiger partial charge on any atom is -0.478 e. The molecule has 1 aliphatic rings. The molecule has 1 saturated heterocycles. The Bertz CT molecular complexity index is 304. The van der Waals surface area contributed by atoms with Gasteiger partial charge in [0.2, 0.25) is 0 Å². The maximum absolute atomic E-state index is 5.65. The van der Waals surface area contributed by atoms with Gasteiger partial charge in [0.25, 0.3) is 0 Å². The molecule has 1 atom stereocenters. The number of ether oxygens (including phenoxy) is 3. The third kappa shape index (κ3) is 3.20. The molecule has 1 aliphatic heterocycles. The normalized spacial score (nSPS) is 21.9. The third-order valence-corrected chi connectivity index (χ3v) is 2.54. The number of methoxy groups -OCH3 is 1. The van der Waals surface area contributed by atoms with E-state index in [4.69, 9.17) is 14.2 Å². The van der Waals surface area contributed by atoms with Gasteiger partial charge in [0, 0.05) is 13.7 Å². The van der Waals surface area contributed by atoms with Crippen LogP contribution in [0.5, 0.6) is 5.75 Å². The number of nitrogens with zero attached hydrogens (tertiary/aromatic N) is 1. The summed E-state index contributed by atoms with van der Waals surface area (Å²) in [5.74, 6) is 0.892. The van der Waals surface area contributed by atoms with E-state index < -0.39 is 0 Å². The zero-order chi connectivity index (χ0) is 11.2. The van der Waals surface area contributed by atoms with Crippen LogP contribution in [-0.2, 0) is 9.47 Å². The summed E-state index contributed by atoms with van der Waals surface area (Å²) in [6, 6.07) is 9.81. The Morgan fingerprint density at radius 1 is 1.38 bits per heavy atom. The van der Waals surface area contributed by atoms with Gasteiger partial charge in [-0.25, -0.2) is 0 Å². The van der Waals surface area contributed by atoms with Gasteiger partial charge in [0.15, 0.2) is 6.29 Å². The first-order chi connectivity index (χ1) is 7.88. The summed E-state index contributed by atoms with van der Waals surface area (Å²) >= 11 is 0. The Balaban J connectivity index is 1.77. The second-order valence-electron chi connectivity index (χ2n) is 3.70. The average molecular weight is 223 g/mol. The molecule has 1 unspecified atom stereocenters. The summed E-state index contributed by atoms with van der Waals surface area (Å²) in [6.45, 7) is 2.90. The SMILES string of the molecule is COC1CN(COc2ccccc2)CCO1. The lowest BCUT2D eigenvalue weighted by Gasteiger charge is -2.31. The molecule has 1 aromatic carbocycles. The molecule has 0 spiro atoms. The second-order valence-corrected chi connectivity index (χ2v) is 3.70. The van der Waals surface area contributed by atoms with Gasteiger partial charge in [0.05, 0.1) is 13.2 Å². The summed E-state index contributed by atoms with van der Waals surface area (Å²) in [6.07, 6.45) is -0.131. The zero-order valence-corrected chi connectivity index (χ0v) is 9.46. The van der Waals surface area contributed by atoms with E-state index >= 15 is 0 Å². The Kier molecular flexibility index (Phi) is 4.16. The van der Waals surface area contributed by atoms with E-state index in [1.807, 2.05) is 30.3 Å². The fraction of sp³-hybridized carbons (Fsp3) is 0.500. The highest BCUT2D eigenvalue weighted by atomic mass is 16.7. The molecule has 0 saturated carbocycles. The molecule has 2 rings (SSSR count). The van der Waals surface area contributed by atoms with Gasteiger partial charge in [-0.3, -0.25) is 4.90 Å². The van der Waals surface area contributed by atoms with Crippen molar-refractivity contribution in [3.63, 3.8) is 0 Å². The Labute approximate surface area is 95.7 Å². The lowest BCUT2D eigenvalue weighted by Crippen LogP contribution is -2.44. The molecule has 0 aliphatic carbocycles. The highest BCUT2D eigenvalue weighted by Crippen LogP contribution is 2.10. The summed E-state index contributed by atoms with van der Waals surface area (Å²) in [5, 5.41) is 0. The molecule has 4 nitrogen and oxygen atoms in total. The van der Waals surface area contributed by atoms with Gasteiger partial charge in [-0.15, -0.1) is 0 Å². The topological polar surface area (TPSA) is 30.9 Å². The predicted molar refractivity (Wildman–Crippen MR) is 60.3 cm³/mol. The van der Waals surface area contributed by atoms with E-state index in [-0.39, 0.29) is 6.29 Å². The van der Waals surface area contributed by atoms with Crippen molar-refractivity contribution in [2.75, 3.05) is 33.5 Å².